The quantitative estimate of drug-likeness (QED) is 0.106. The molecule has 3 heterocycles. The Morgan fingerprint density at radius 3 is 1.98 bits per heavy atom. The summed E-state index contributed by atoms with van der Waals surface area (Å²) < 4.78 is 2.30. The fourth-order valence-electron chi connectivity index (χ4n) is 7.47. The molecule has 1 atom stereocenters. The molecule has 0 radical (unpaired) electrons. The van der Waals surface area contributed by atoms with Gasteiger partial charge in [-0.1, -0.05) is 0 Å². The first-order valence-corrected chi connectivity index (χ1v) is 19.8. The van der Waals surface area contributed by atoms with Crippen LogP contribution in [0.1, 0.15) is 0 Å². The number of nitrogens with zero attached hydrogens (tertiary/aromatic N) is 3. The molecule has 0 saturated heterocycles. The van der Waals surface area contributed by atoms with Crippen LogP contribution in [0, 0.1) is 0 Å². The number of para-hydroxylation sites is 3. The summed E-state index contributed by atoms with van der Waals surface area (Å²) in [5.41, 5.74) is 1.78. The first kappa shape index (κ1) is 27.0. The van der Waals surface area contributed by atoms with Crippen molar-refractivity contribution in [3.8, 4) is 0 Å². The average molecular weight is 683 g/mol. The molecule has 0 amide bonds. The van der Waals surface area contributed by atoms with E-state index in [4.69, 9.17) is 9.97 Å². The Hall–Kier alpha value is -5.11. The van der Waals surface area contributed by atoms with E-state index in [1.54, 1.807) is 0 Å². The van der Waals surface area contributed by atoms with Gasteiger partial charge in [-0.3, -0.25) is 0 Å². The van der Waals surface area contributed by atoms with Gasteiger partial charge in [0, 0.05) is 0 Å². The molecule has 3 aromatic heterocycles. The van der Waals surface area contributed by atoms with Gasteiger partial charge in [0.15, 0.2) is 0 Å². The van der Waals surface area contributed by atoms with Gasteiger partial charge in [-0.15, -0.1) is 0 Å². The zero-order valence-electron chi connectivity index (χ0n) is 25.2. The van der Waals surface area contributed by atoms with Crippen LogP contribution >= 0.6 is 5.51 Å². The molecule has 7 aromatic carbocycles. The van der Waals surface area contributed by atoms with Crippen LogP contribution in [0.3, 0.4) is 0 Å². The average Bonchev–Trinajstić information content (AvgIpc) is 3.54. The van der Waals surface area contributed by atoms with E-state index >= 15 is 0 Å². The number of imidazole rings is 1. The van der Waals surface area contributed by atoms with Crippen LogP contribution in [-0.2, 0) is 0 Å². The Bertz CT molecular complexity index is 2960. The van der Waals surface area contributed by atoms with Crippen molar-refractivity contribution in [2.45, 2.75) is 0 Å². The summed E-state index contributed by atoms with van der Waals surface area (Å²) in [6.07, 6.45) is 4.11. The summed E-state index contributed by atoms with van der Waals surface area (Å²) in [7, 11) is 0. The molecule has 0 N–H and O–H groups in total. The molecule has 0 spiro atoms. The summed E-state index contributed by atoms with van der Waals surface area (Å²) in [6, 6.07) is 53.0. The molecule has 0 aliphatic rings. The van der Waals surface area contributed by atoms with E-state index in [9.17, 15) is 0 Å². The number of rotatable bonds is 3. The van der Waals surface area contributed by atoms with E-state index < -0.39 is 5.51 Å². The first-order valence-electron chi connectivity index (χ1n) is 15.8. The predicted molar refractivity (Wildman–Crippen MR) is 202 cm³/mol. The van der Waals surface area contributed by atoms with Crippen LogP contribution < -0.4 is 15.9 Å². The van der Waals surface area contributed by atoms with Crippen molar-refractivity contribution in [3.05, 3.63) is 158 Å². The monoisotopic (exact) mass is 683 g/mol. The fraction of sp³-hybridized carbons (Fsp3) is 0. The fourth-order valence-corrected chi connectivity index (χ4v) is 12.6. The normalized spacial score (nSPS) is 13.4. The zero-order chi connectivity index (χ0) is 31.1. The Balaban J connectivity index is 1.36. The maximum atomic E-state index is 5.20. The number of hydrogen-bond donors (Lipinski definition) is 0. The van der Waals surface area contributed by atoms with Gasteiger partial charge in [-0.05, 0) is 0 Å². The minimum absolute atomic E-state index is 0.935. The Morgan fingerprint density at radius 2 is 1.11 bits per heavy atom. The topological polar surface area (TPSA) is 30.2 Å². The van der Waals surface area contributed by atoms with Crippen molar-refractivity contribution in [3.63, 3.8) is 0 Å². The third-order valence-corrected chi connectivity index (χ3v) is 16.6. The van der Waals surface area contributed by atoms with Gasteiger partial charge in [0.2, 0.25) is 0 Å². The molecule has 0 fully saturated rings. The summed E-state index contributed by atoms with van der Waals surface area (Å²) in [6.45, 7) is 0. The second-order valence-corrected chi connectivity index (χ2v) is 18.4. The molecule has 47 heavy (non-hydrogen) atoms. The van der Waals surface area contributed by atoms with E-state index in [0.29, 0.717) is 0 Å². The van der Waals surface area contributed by atoms with Crippen LogP contribution in [0.2, 0.25) is 0 Å². The molecule has 0 aliphatic carbocycles. The molecule has 1 unspecified atom stereocenters. The summed E-state index contributed by atoms with van der Waals surface area (Å²) in [4.78, 5) is 10.2. The molecule has 0 saturated carbocycles. The summed E-state index contributed by atoms with van der Waals surface area (Å²) in [5, 5.41) is 14.7. The SMILES string of the molecule is [Se]=P(c1ccc2ccccc2c1)(c1ccc2c(ccc3ccccc32)c1)c1cncc2c1c1ccccc1n1c3ccccc3nc21. The van der Waals surface area contributed by atoms with Gasteiger partial charge >= 0.3 is 280 Å². The van der Waals surface area contributed by atoms with E-state index in [1.165, 1.54) is 59.0 Å². The van der Waals surface area contributed by atoms with Crippen molar-refractivity contribution in [1.29, 1.82) is 0 Å². The summed E-state index contributed by atoms with van der Waals surface area (Å²) in [5.74, 6) is 0. The third kappa shape index (κ3) is 3.90. The van der Waals surface area contributed by atoms with Crippen molar-refractivity contribution >= 4 is 107 Å². The van der Waals surface area contributed by atoms with E-state index in [2.05, 4.69) is 171 Å². The van der Waals surface area contributed by atoms with Crippen LogP contribution in [0.4, 0.5) is 0 Å². The Morgan fingerprint density at radius 1 is 0.489 bits per heavy atom. The number of benzene rings is 7. The van der Waals surface area contributed by atoms with Crippen LogP contribution in [-0.4, -0.2) is 29.5 Å². The van der Waals surface area contributed by atoms with Crippen molar-refractivity contribution in [2.75, 3.05) is 0 Å². The van der Waals surface area contributed by atoms with Crippen LogP contribution in [0.25, 0.3) is 70.7 Å². The minimum atomic E-state index is -2.38. The van der Waals surface area contributed by atoms with E-state index in [1.807, 2.05) is 6.20 Å². The summed E-state index contributed by atoms with van der Waals surface area (Å²) >= 11 is 3.88. The van der Waals surface area contributed by atoms with Gasteiger partial charge in [-0.2, -0.15) is 0 Å². The predicted octanol–water partition coefficient (Wildman–Crippen LogP) is 9.03. The standard InChI is InChI=1S/C42H26N3PSe/c47-46(31-20-19-27-9-1-2-11-29(27)23-31,32-21-22-34-30(24-32)18-17-28-10-3-4-12-33(28)34)40-26-43-25-36-41(40)35-13-5-7-15-38(35)45-39-16-8-6-14-37(39)44-42(36)45/h1-26H. The number of pyridine rings is 2. The van der Waals surface area contributed by atoms with Crippen LogP contribution in [0.15, 0.2) is 158 Å². The molecular weight excluding hydrogens is 656 g/mol. The molecule has 220 valence electrons. The van der Waals surface area contributed by atoms with Gasteiger partial charge < -0.3 is 0 Å². The molecule has 10 aromatic rings. The van der Waals surface area contributed by atoms with E-state index in [-0.39, 0.29) is 0 Å². The maximum absolute atomic E-state index is 5.20. The Kier molecular flexibility index (Phi) is 5.87. The second kappa shape index (κ2) is 10.2. The van der Waals surface area contributed by atoms with Crippen molar-refractivity contribution < 1.29 is 0 Å². The van der Waals surface area contributed by atoms with E-state index in [0.717, 1.165) is 27.6 Å². The molecule has 5 heteroatoms. The second-order valence-electron chi connectivity index (χ2n) is 12.2. The molecule has 0 aliphatic heterocycles. The van der Waals surface area contributed by atoms with Gasteiger partial charge in [0.25, 0.3) is 0 Å². The van der Waals surface area contributed by atoms with Gasteiger partial charge in [0.1, 0.15) is 0 Å². The number of hydrogen-bond acceptors (Lipinski definition) is 2. The third-order valence-electron chi connectivity index (χ3n) is 9.67. The van der Waals surface area contributed by atoms with Crippen LogP contribution in [0.5, 0.6) is 0 Å². The molecule has 3 nitrogen and oxygen atoms in total. The van der Waals surface area contributed by atoms with Gasteiger partial charge in [0.05, 0.1) is 0 Å². The van der Waals surface area contributed by atoms with Gasteiger partial charge in [-0.25, -0.2) is 0 Å². The Labute approximate surface area is 278 Å². The molecule has 10 rings (SSSR count). The molecular formula is C42H26N3PSe. The number of aromatic nitrogens is 3. The zero-order valence-corrected chi connectivity index (χ0v) is 27.8. The van der Waals surface area contributed by atoms with Crippen molar-refractivity contribution in [2.24, 2.45) is 0 Å². The molecule has 0 bridgehead atoms. The van der Waals surface area contributed by atoms with Crippen molar-refractivity contribution in [1.82, 2.24) is 14.4 Å². The first-order chi connectivity index (χ1) is 23.2. The number of fused-ring (bicyclic) bond motifs is 12.